The van der Waals surface area contributed by atoms with Crippen molar-refractivity contribution in [3.63, 3.8) is 0 Å². The standard InChI is InChI=1S/C12H13NS/c1-2-3-6-11-8-10-14-12(11)7-4-5-9-13/h8,10H,2-3,5-6H2,1H3. The summed E-state index contributed by atoms with van der Waals surface area (Å²) in [4.78, 5) is 1.13. The van der Waals surface area contributed by atoms with Gasteiger partial charge < -0.3 is 0 Å². The molecule has 1 rings (SSSR count). The highest BCUT2D eigenvalue weighted by molar-refractivity contribution is 7.10. The summed E-state index contributed by atoms with van der Waals surface area (Å²) in [6.07, 6.45) is 3.85. The van der Waals surface area contributed by atoms with Gasteiger partial charge in [0.05, 0.1) is 17.4 Å². The molecule has 2 heteroatoms. The average Bonchev–Trinajstić information content (AvgIpc) is 2.63. The van der Waals surface area contributed by atoms with E-state index in [0.29, 0.717) is 6.42 Å². The highest BCUT2D eigenvalue weighted by atomic mass is 32.1. The van der Waals surface area contributed by atoms with Crippen LogP contribution >= 0.6 is 11.3 Å². The largest absolute Gasteiger partial charge is 0.197 e. The van der Waals surface area contributed by atoms with E-state index in [0.717, 1.165) is 11.3 Å². The maximum atomic E-state index is 8.36. The molecule has 0 atom stereocenters. The van der Waals surface area contributed by atoms with Crippen LogP contribution in [0.3, 0.4) is 0 Å². The summed E-state index contributed by atoms with van der Waals surface area (Å²) in [6, 6.07) is 4.16. The smallest absolute Gasteiger partial charge is 0.0966 e. The lowest BCUT2D eigenvalue weighted by Crippen LogP contribution is -1.83. The van der Waals surface area contributed by atoms with E-state index in [1.807, 2.05) is 6.07 Å². The van der Waals surface area contributed by atoms with E-state index in [1.54, 1.807) is 11.3 Å². The monoisotopic (exact) mass is 203 g/mol. The summed E-state index contributed by atoms with van der Waals surface area (Å²) >= 11 is 1.67. The van der Waals surface area contributed by atoms with E-state index in [9.17, 15) is 0 Å². The van der Waals surface area contributed by atoms with Gasteiger partial charge >= 0.3 is 0 Å². The molecule has 0 aromatic carbocycles. The van der Waals surface area contributed by atoms with Crippen molar-refractivity contribution in [3.8, 4) is 17.9 Å². The Hall–Kier alpha value is -1.25. The molecule has 14 heavy (non-hydrogen) atoms. The Kier molecular flexibility index (Phi) is 4.83. The molecule has 0 fully saturated rings. The van der Waals surface area contributed by atoms with Crippen molar-refractivity contribution in [2.75, 3.05) is 0 Å². The minimum absolute atomic E-state index is 0.325. The minimum Gasteiger partial charge on any atom is -0.197 e. The first-order chi connectivity index (χ1) is 6.88. The van der Waals surface area contributed by atoms with Crippen LogP contribution in [-0.4, -0.2) is 0 Å². The fourth-order valence-electron chi connectivity index (χ4n) is 1.17. The van der Waals surface area contributed by atoms with Crippen LogP contribution in [0.4, 0.5) is 0 Å². The Labute approximate surface area is 89.4 Å². The predicted molar refractivity (Wildman–Crippen MR) is 60.0 cm³/mol. The molecule has 1 aromatic heterocycles. The van der Waals surface area contributed by atoms with Crippen LogP contribution in [0, 0.1) is 23.2 Å². The second-order valence-electron chi connectivity index (χ2n) is 3.02. The van der Waals surface area contributed by atoms with Gasteiger partial charge in [0.1, 0.15) is 0 Å². The quantitative estimate of drug-likeness (QED) is 0.691. The maximum absolute atomic E-state index is 8.36. The molecule has 1 heterocycles. The zero-order valence-electron chi connectivity index (χ0n) is 8.34. The first kappa shape index (κ1) is 10.8. The zero-order chi connectivity index (χ0) is 10.2. The fraction of sp³-hybridized carbons (Fsp3) is 0.417. The molecule has 0 aliphatic rings. The Morgan fingerprint density at radius 2 is 2.36 bits per heavy atom. The summed E-state index contributed by atoms with van der Waals surface area (Å²) in [5.74, 6) is 5.90. The highest BCUT2D eigenvalue weighted by Gasteiger charge is 1.99. The molecule has 0 N–H and O–H groups in total. The van der Waals surface area contributed by atoms with Gasteiger partial charge in [-0.1, -0.05) is 25.2 Å². The van der Waals surface area contributed by atoms with Crippen molar-refractivity contribution in [3.05, 3.63) is 21.9 Å². The molecule has 72 valence electrons. The second-order valence-corrected chi connectivity index (χ2v) is 3.93. The summed E-state index contributed by atoms with van der Waals surface area (Å²) in [5, 5.41) is 10.4. The third-order valence-corrected chi connectivity index (χ3v) is 2.79. The summed E-state index contributed by atoms with van der Waals surface area (Å²) < 4.78 is 0. The molecule has 0 radical (unpaired) electrons. The van der Waals surface area contributed by atoms with Gasteiger partial charge in [0.2, 0.25) is 0 Å². The maximum Gasteiger partial charge on any atom is 0.0966 e. The van der Waals surface area contributed by atoms with E-state index in [2.05, 4.69) is 30.2 Å². The van der Waals surface area contributed by atoms with Gasteiger partial charge in [0, 0.05) is 0 Å². The Morgan fingerprint density at radius 1 is 1.50 bits per heavy atom. The Morgan fingerprint density at radius 3 is 3.07 bits per heavy atom. The van der Waals surface area contributed by atoms with E-state index >= 15 is 0 Å². The number of nitrogens with zero attached hydrogens (tertiary/aromatic N) is 1. The molecule has 0 bridgehead atoms. The van der Waals surface area contributed by atoms with Crippen molar-refractivity contribution < 1.29 is 0 Å². The third-order valence-electron chi connectivity index (χ3n) is 1.92. The normalized spacial score (nSPS) is 8.86. The molecule has 0 saturated heterocycles. The molecule has 0 saturated carbocycles. The SMILES string of the molecule is CCCCc1ccsc1C#CCC#N. The summed E-state index contributed by atoms with van der Waals surface area (Å²) in [5.41, 5.74) is 1.34. The number of rotatable bonds is 3. The minimum atomic E-state index is 0.325. The zero-order valence-corrected chi connectivity index (χ0v) is 9.16. The molecule has 1 aromatic rings. The molecule has 0 aliphatic carbocycles. The number of nitriles is 1. The predicted octanol–water partition coefficient (Wildman–Crippen LogP) is 3.36. The van der Waals surface area contributed by atoms with E-state index in [1.165, 1.54) is 18.4 Å². The molecule has 0 amide bonds. The van der Waals surface area contributed by atoms with E-state index in [4.69, 9.17) is 5.26 Å². The van der Waals surface area contributed by atoms with Crippen molar-refractivity contribution >= 4 is 11.3 Å². The molecule has 0 unspecified atom stereocenters. The van der Waals surface area contributed by atoms with Crippen LogP contribution in [0.5, 0.6) is 0 Å². The van der Waals surface area contributed by atoms with Crippen LogP contribution < -0.4 is 0 Å². The van der Waals surface area contributed by atoms with Gasteiger partial charge in [-0.05, 0) is 29.9 Å². The summed E-state index contributed by atoms with van der Waals surface area (Å²) in [7, 11) is 0. The fourth-order valence-corrected chi connectivity index (χ4v) is 1.99. The number of unbranched alkanes of at least 4 members (excludes halogenated alkanes) is 1. The number of thiophene rings is 1. The van der Waals surface area contributed by atoms with Gasteiger partial charge in [0.25, 0.3) is 0 Å². The summed E-state index contributed by atoms with van der Waals surface area (Å²) in [6.45, 7) is 2.19. The van der Waals surface area contributed by atoms with Crippen molar-refractivity contribution in [1.29, 1.82) is 5.26 Å². The van der Waals surface area contributed by atoms with E-state index < -0.39 is 0 Å². The lowest BCUT2D eigenvalue weighted by molar-refractivity contribution is 0.796. The van der Waals surface area contributed by atoms with E-state index in [-0.39, 0.29) is 0 Å². The van der Waals surface area contributed by atoms with Crippen LogP contribution in [0.15, 0.2) is 11.4 Å². The molecule has 0 spiro atoms. The van der Waals surface area contributed by atoms with Crippen LogP contribution in [-0.2, 0) is 6.42 Å². The van der Waals surface area contributed by atoms with Crippen LogP contribution in [0.1, 0.15) is 36.6 Å². The number of hydrogen-bond donors (Lipinski definition) is 0. The Balaban J connectivity index is 2.64. The molecule has 0 aliphatic heterocycles. The molecular weight excluding hydrogens is 190 g/mol. The second kappa shape index (κ2) is 6.24. The number of aryl methyl sites for hydroxylation is 1. The van der Waals surface area contributed by atoms with Gasteiger partial charge in [-0.25, -0.2) is 0 Å². The highest BCUT2D eigenvalue weighted by Crippen LogP contribution is 2.17. The van der Waals surface area contributed by atoms with Crippen molar-refractivity contribution in [2.45, 2.75) is 32.6 Å². The first-order valence-electron chi connectivity index (χ1n) is 4.80. The lowest BCUT2D eigenvalue weighted by Gasteiger charge is -1.95. The topological polar surface area (TPSA) is 23.8 Å². The molecular formula is C12H13NS. The Bertz CT molecular complexity index is 373. The first-order valence-corrected chi connectivity index (χ1v) is 5.68. The number of hydrogen-bond acceptors (Lipinski definition) is 2. The van der Waals surface area contributed by atoms with Crippen molar-refractivity contribution in [2.24, 2.45) is 0 Å². The molecule has 1 nitrogen and oxygen atoms in total. The third kappa shape index (κ3) is 3.24. The van der Waals surface area contributed by atoms with Gasteiger partial charge in [-0.15, -0.1) is 11.3 Å². The van der Waals surface area contributed by atoms with Crippen LogP contribution in [0.2, 0.25) is 0 Å². The average molecular weight is 203 g/mol. The lowest BCUT2D eigenvalue weighted by atomic mass is 10.1. The van der Waals surface area contributed by atoms with Gasteiger partial charge in [0.15, 0.2) is 0 Å². The van der Waals surface area contributed by atoms with Crippen molar-refractivity contribution in [1.82, 2.24) is 0 Å². The van der Waals surface area contributed by atoms with Gasteiger partial charge in [-0.3, -0.25) is 0 Å². The van der Waals surface area contributed by atoms with Crippen LogP contribution in [0.25, 0.3) is 0 Å². The van der Waals surface area contributed by atoms with Gasteiger partial charge in [-0.2, -0.15) is 5.26 Å².